The van der Waals surface area contributed by atoms with Gasteiger partial charge in [0.2, 0.25) is 10.0 Å². The van der Waals surface area contributed by atoms with Crippen LogP contribution in [0.1, 0.15) is 10.4 Å². The number of anilines is 1. The maximum atomic E-state index is 12.6. The molecule has 2 rings (SSSR count). The zero-order valence-corrected chi connectivity index (χ0v) is 16.5. The Morgan fingerprint density at radius 3 is 2.04 bits per heavy atom. The van der Waals surface area contributed by atoms with Crippen LogP contribution in [0, 0.1) is 0 Å². The highest BCUT2D eigenvalue weighted by atomic mass is 79.9. The van der Waals surface area contributed by atoms with Gasteiger partial charge in [-0.05, 0) is 48.5 Å². The molecule has 136 valence electrons. The summed E-state index contributed by atoms with van der Waals surface area (Å²) < 4.78 is 27.4. The number of amides is 1. The number of carbonyl (C=O) groups excluding carboxylic acids is 1. The van der Waals surface area contributed by atoms with E-state index in [0.717, 1.165) is 4.47 Å². The number of rotatable bonds is 8. The third kappa shape index (κ3) is 4.91. The van der Waals surface area contributed by atoms with Gasteiger partial charge in [-0.2, -0.15) is 4.31 Å². The van der Waals surface area contributed by atoms with E-state index in [1.54, 1.807) is 12.1 Å². The van der Waals surface area contributed by atoms with Crippen molar-refractivity contribution in [1.82, 2.24) is 4.31 Å². The zero-order chi connectivity index (χ0) is 19.2. The van der Waals surface area contributed by atoms with Crippen LogP contribution in [-0.4, -0.2) is 31.7 Å². The van der Waals surface area contributed by atoms with Crippen LogP contribution in [0.3, 0.4) is 0 Å². The van der Waals surface area contributed by atoms with Crippen LogP contribution in [-0.2, 0) is 10.0 Å². The minimum Gasteiger partial charge on any atom is -0.322 e. The minimum atomic E-state index is -3.68. The lowest BCUT2D eigenvalue weighted by molar-refractivity contribution is 0.102. The lowest BCUT2D eigenvalue weighted by Gasteiger charge is -2.19. The van der Waals surface area contributed by atoms with Crippen LogP contribution < -0.4 is 5.32 Å². The maximum absolute atomic E-state index is 12.6. The Balaban J connectivity index is 2.18. The summed E-state index contributed by atoms with van der Waals surface area (Å²) in [4.78, 5) is 12.4. The van der Waals surface area contributed by atoms with E-state index in [1.165, 1.54) is 40.7 Å². The number of nitrogens with one attached hydrogen (secondary N) is 1. The van der Waals surface area contributed by atoms with Crippen LogP contribution in [0.4, 0.5) is 5.69 Å². The summed E-state index contributed by atoms with van der Waals surface area (Å²) >= 11 is 3.33. The predicted molar refractivity (Wildman–Crippen MR) is 108 cm³/mol. The molecule has 0 radical (unpaired) electrons. The van der Waals surface area contributed by atoms with E-state index < -0.39 is 10.0 Å². The van der Waals surface area contributed by atoms with Crippen molar-refractivity contribution in [1.29, 1.82) is 0 Å². The van der Waals surface area contributed by atoms with Crippen molar-refractivity contribution in [2.45, 2.75) is 4.90 Å². The molecular formula is C19H19BrN2O3S. The number of carbonyl (C=O) groups is 1. The Hall–Kier alpha value is -2.22. The van der Waals surface area contributed by atoms with E-state index >= 15 is 0 Å². The second-order valence-corrected chi connectivity index (χ2v) is 8.24. The molecule has 0 fully saturated rings. The molecule has 2 aromatic carbocycles. The molecule has 0 aliphatic rings. The summed E-state index contributed by atoms with van der Waals surface area (Å²) in [5.41, 5.74) is 1.02. The molecule has 1 N–H and O–H groups in total. The van der Waals surface area contributed by atoms with E-state index in [4.69, 9.17) is 0 Å². The SMILES string of the molecule is C=CCN(CC=C)S(=O)(=O)c1ccc(C(=O)Nc2ccc(Br)cc2)cc1. The molecule has 1 amide bonds. The van der Waals surface area contributed by atoms with Crippen molar-refractivity contribution in [3.8, 4) is 0 Å². The van der Waals surface area contributed by atoms with Crippen molar-refractivity contribution in [3.63, 3.8) is 0 Å². The highest BCUT2D eigenvalue weighted by Gasteiger charge is 2.22. The van der Waals surface area contributed by atoms with Crippen molar-refractivity contribution in [2.75, 3.05) is 18.4 Å². The van der Waals surface area contributed by atoms with Gasteiger partial charge in [0.05, 0.1) is 4.90 Å². The molecule has 5 nitrogen and oxygen atoms in total. The molecule has 0 spiro atoms. The molecule has 0 heterocycles. The summed E-state index contributed by atoms with van der Waals surface area (Å²) in [6, 6.07) is 13.0. The fourth-order valence-corrected chi connectivity index (χ4v) is 3.87. The second kappa shape index (κ2) is 8.93. The first-order valence-corrected chi connectivity index (χ1v) is 10.0. The highest BCUT2D eigenvalue weighted by molar-refractivity contribution is 9.10. The smallest absolute Gasteiger partial charge is 0.255 e. The van der Waals surface area contributed by atoms with Crippen molar-refractivity contribution < 1.29 is 13.2 Å². The second-order valence-electron chi connectivity index (χ2n) is 5.38. The predicted octanol–water partition coefficient (Wildman–Crippen LogP) is 4.06. The number of sulfonamides is 1. The molecular weight excluding hydrogens is 416 g/mol. The third-order valence-corrected chi connectivity index (χ3v) is 5.90. The number of benzene rings is 2. The first kappa shape index (κ1) is 20.1. The molecule has 0 bridgehead atoms. The molecule has 26 heavy (non-hydrogen) atoms. The maximum Gasteiger partial charge on any atom is 0.255 e. The molecule has 0 atom stereocenters. The average Bonchev–Trinajstić information content (AvgIpc) is 2.63. The van der Waals surface area contributed by atoms with E-state index in [9.17, 15) is 13.2 Å². The first-order chi connectivity index (χ1) is 12.4. The fraction of sp³-hybridized carbons (Fsp3) is 0.105. The molecule has 0 saturated heterocycles. The Kier molecular flexibility index (Phi) is 6.90. The Morgan fingerprint density at radius 2 is 1.54 bits per heavy atom. The van der Waals surface area contributed by atoms with Crippen LogP contribution in [0.2, 0.25) is 0 Å². The molecule has 0 aliphatic carbocycles. The Morgan fingerprint density at radius 1 is 1.00 bits per heavy atom. The van der Waals surface area contributed by atoms with Crippen molar-refractivity contribution >= 4 is 37.5 Å². The molecule has 0 aromatic heterocycles. The molecule has 0 aliphatic heterocycles. The van der Waals surface area contributed by atoms with Gasteiger partial charge in [-0.15, -0.1) is 13.2 Å². The largest absolute Gasteiger partial charge is 0.322 e. The quantitative estimate of drug-likeness (QED) is 0.636. The highest BCUT2D eigenvalue weighted by Crippen LogP contribution is 2.18. The Bertz CT molecular complexity index is 881. The standard InChI is InChI=1S/C19H19BrN2O3S/c1-3-13-22(14-4-2)26(24,25)18-11-5-15(6-12-18)19(23)21-17-9-7-16(20)8-10-17/h3-12H,1-2,13-14H2,(H,21,23). The summed E-state index contributed by atoms with van der Waals surface area (Å²) in [5.74, 6) is -0.315. The summed E-state index contributed by atoms with van der Waals surface area (Å²) in [6.07, 6.45) is 3.03. The van der Waals surface area contributed by atoms with E-state index in [-0.39, 0.29) is 23.9 Å². The van der Waals surface area contributed by atoms with Crippen molar-refractivity contribution in [3.05, 3.63) is 83.9 Å². The molecule has 0 unspecified atom stereocenters. The van der Waals surface area contributed by atoms with E-state index in [2.05, 4.69) is 34.4 Å². The third-order valence-electron chi connectivity index (χ3n) is 3.52. The number of hydrogen-bond acceptors (Lipinski definition) is 3. The number of hydrogen-bond donors (Lipinski definition) is 1. The number of nitrogens with zero attached hydrogens (tertiary/aromatic N) is 1. The molecule has 2 aromatic rings. The fourth-order valence-electron chi connectivity index (χ4n) is 2.22. The van der Waals surface area contributed by atoms with Gasteiger partial charge in [-0.1, -0.05) is 28.1 Å². The summed E-state index contributed by atoms with van der Waals surface area (Å²) in [6.45, 7) is 7.51. The minimum absolute atomic E-state index is 0.112. The van der Waals surface area contributed by atoms with Gasteiger partial charge >= 0.3 is 0 Å². The van der Waals surface area contributed by atoms with Gasteiger partial charge in [0.15, 0.2) is 0 Å². The molecule has 0 saturated carbocycles. The van der Waals surface area contributed by atoms with Gasteiger partial charge in [0.1, 0.15) is 0 Å². The van der Waals surface area contributed by atoms with Crippen LogP contribution in [0.15, 0.2) is 83.2 Å². The van der Waals surface area contributed by atoms with Crippen molar-refractivity contribution in [2.24, 2.45) is 0 Å². The Labute approximate surface area is 162 Å². The lowest BCUT2D eigenvalue weighted by Crippen LogP contribution is -2.31. The van der Waals surface area contributed by atoms with Gasteiger partial charge in [-0.3, -0.25) is 4.79 Å². The number of halogens is 1. The summed E-state index contributed by atoms with van der Waals surface area (Å²) in [7, 11) is -3.68. The van der Waals surface area contributed by atoms with Gasteiger partial charge in [-0.25, -0.2) is 8.42 Å². The van der Waals surface area contributed by atoms with Gasteiger partial charge < -0.3 is 5.32 Å². The van der Waals surface area contributed by atoms with Crippen LogP contribution in [0.25, 0.3) is 0 Å². The van der Waals surface area contributed by atoms with E-state index in [0.29, 0.717) is 11.3 Å². The van der Waals surface area contributed by atoms with Gasteiger partial charge in [0.25, 0.3) is 5.91 Å². The van der Waals surface area contributed by atoms with E-state index in [1.807, 2.05) is 12.1 Å². The lowest BCUT2D eigenvalue weighted by atomic mass is 10.2. The summed E-state index contributed by atoms with van der Waals surface area (Å²) in [5, 5.41) is 2.76. The topological polar surface area (TPSA) is 66.5 Å². The van der Waals surface area contributed by atoms with Crippen LogP contribution >= 0.6 is 15.9 Å². The van der Waals surface area contributed by atoms with Crippen LogP contribution in [0.5, 0.6) is 0 Å². The monoisotopic (exact) mass is 434 g/mol. The zero-order valence-electron chi connectivity index (χ0n) is 14.1. The molecule has 7 heteroatoms. The van der Waals surface area contributed by atoms with Gasteiger partial charge in [0, 0.05) is 28.8 Å². The average molecular weight is 435 g/mol. The first-order valence-electron chi connectivity index (χ1n) is 7.77. The normalized spacial score (nSPS) is 11.2.